The third kappa shape index (κ3) is 9.06. The van der Waals surface area contributed by atoms with Crippen LogP contribution in [0.1, 0.15) is 50.5 Å². The molecule has 2 rings (SSSR count). The van der Waals surface area contributed by atoms with Crippen molar-refractivity contribution in [2.24, 2.45) is 4.99 Å². The van der Waals surface area contributed by atoms with Crippen LogP contribution in [0.15, 0.2) is 33.8 Å². The number of carbonyl (C=O) groups excluding carboxylic acids is 1. The number of rotatable bonds is 8. The first-order valence-corrected chi connectivity index (χ1v) is 10.5. The number of amides is 1. The summed E-state index contributed by atoms with van der Waals surface area (Å²) in [6.07, 6.45) is 0.295. The fourth-order valence-electron chi connectivity index (χ4n) is 2.67. The fraction of sp³-hybridized carbons (Fsp3) is 0.545. The monoisotopic (exact) mass is 430 g/mol. The van der Waals surface area contributed by atoms with E-state index in [0.29, 0.717) is 37.8 Å². The van der Waals surface area contributed by atoms with E-state index in [9.17, 15) is 4.79 Å². The second-order valence-corrected chi connectivity index (χ2v) is 8.26. The van der Waals surface area contributed by atoms with E-state index < -0.39 is 5.60 Å². The number of nitrogens with zero attached hydrogens (tertiary/aromatic N) is 4. The number of carbonyl (C=O) groups is 1. The molecule has 9 heteroatoms. The Morgan fingerprint density at radius 2 is 1.87 bits per heavy atom. The normalized spacial score (nSPS) is 11.9. The maximum absolute atomic E-state index is 12.1. The van der Waals surface area contributed by atoms with Gasteiger partial charge in [-0.1, -0.05) is 29.4 Å². The van der Waals surface area contributed by atoms with E-state index >= 15 is 0 Å². The van der Waals surface area contributed by atoms with Crippen molar-refractivity contribution in [3.8, 4) is 0 Å². The van der Waals surface area contributed by atoms with Gasteiger partial charge in [0.05, 0.1) is 6.54 Å². The average Bonchev–Trinajstić information content (AvgIpc) is 3.11. The molecular formula is C22H34N6O3. The van der Waals surface area contributed by atoms with Crippen LogP contribution < -0.4 is 10.6 Å². The summed E-state index contributed by atoms with van der Waals surface area (Å²) < 4.78 is 10.5. The number of benzene rings is 1. The molecule has 0 atom stereocenters. The van der Waals surface area contributed by atoms with Crippen molar-refractivity contribution < 1.29 is 14.1 Å². The maximum atomic E-state index is 12.1. The van der Waals surface area contributed by atoms with Crippen molar-refractivity contribution in [3.63, 3.8) is 0 Å². The molecule has 0 spiro atoms. The SMILES string of the molecule is CCNC(=NCc1ccc(CN(C)C(=O)OC(C)(C)C)cc1)NCCc1nc(C)no1. The molecule has 1 heterocycles. The number of ether oxygens (including phenoxy) is 1. The molecule has 2 N–H and O–H groups in total. The maximum Gasteiger partial charge on any atom is 0.410 e. The molecule has 0 saturated heterocycles. The Morgan fingerprint density at radius 3 is 2.45 bits per heavy atom. The summed E-state index contributed by atoms with van der Waals surface area (Å²) in [7, 11) is 1.73. The first-order valence-electron chi connectivity index (χ1n) is 10.5. The molecule has 31 heavy (non-hydrogen) atoms. The highest BCUT2D eigenvalue weighted by atomic mass is 16.6. The number of hydrogen-bond donors (Lipinski definition) is 2. The Bertz CT molecular complexity index is 855. The van der Waals surface area contributed by atoms with Gasteiger partial charge in [-0.3, -0.25) is 0 Å². The van der Waals surface area contributed by atoms with Gasteiger partial charge < -0.3 is 24.8 Å². The predicted octanol–water partition coefficient (Wildman–Crippen LogP) is 3.04. The second kappa shape index (κ2) is 11.3. The Balaban J connectivity index is 1.86. The molecule has 1 aromatic carbocycles. The zero-order chi connectivity index (χ0) is 22.9. The first-order chi connectivity index (χ1) is 14.7. The molecule has 1 amide bonds. The lowest BCUT2D eigenvalue weighted by molar-refractivity contribution is 0.0285. The van der Waals surface area contributed by atoms with Crippen LogP contribution in [-0.4, -0.2) is 52.8 Å². The van der Waals surface area contributed by atoms with Crippen LogP contribution in [0.4, 0.5) is 4.79 Å². The lowest BCUT2D eigenvalue weighted by Crippen LogP contribution is -2.38. The highest BCUT2D eigenvalue weighted by Gasteiger charge is 2.19. The fourth-order valence-corrected chi connectivity index (χ4v) is 2.67. The van der Waals surface area contributed by atoms with Crippen molar-refractivity contribution >= 4 is 12.1 Å². The number of aryl methyl sites for hydroxylation is 1. The molecule has 0 saturated carbocycles. The summed E-state index contributed by atoms with van der Waals surface area (Å²) in [5.41, 5.74) is 1.60. The number of aliphatic imine (C=N–C) groups is 1. The van der Waals surface area contributed by atoms with Gasteiger partial charge in [0.1, 0.15) is 5.60 Å². The molecule has 0 aliphatic carbocycles. The van der Waals surface area contributed by atoms with Crippen LogP contribution in [0, 0.1) is 6.92 Å². The van der Waals surface area contributed by atoms with Gasteiger partial charge in [-0.25, -0.2) is 9.79 Å². The van der Waals surface area contributed by atoms with Crippen LogP contribution in [0.3, 0.4) is 0 Å². The van der Waals surface area contributed by atoms with Crippen LogP contribution in [-0.2, 0) is 24.2 Å². The molecule has 1 aromatic heterocycles. The van der Waals surface area contributed by atoms with Crippen molar-refractivity contribution in [1.82, 2.24) is 25.7 Å². The van der Waals surface area contributed by atoms with Crippen LogP contribution in [0.2, 0.25) is 0 Å². The van der Waals surface area contributed by atoms with E-state index in [-0.39, 0.29) is 6.09 Å². The van der Waals surface area contributed by atoms with Gasteiger partial charge in [-0.15, -0.1) is 0 Å². The Hall–Kier alpha value is -3.10. The van der Waals surface area contributed by atoms with Crippen LogP contribution in [0.25, 0.3) is 0 Å². The van der Waals surface area contributed by atoms with Gasteiger partial charge in [0, 0.05) is 33.1 Å². The lowest BCUT2D eigenvalue weighted by Gasteiger charge is -2.24. The number of nitrogens with one attached hydrogen (secondary N) is 2. The number of hydrogen-bond acceptors (Lipinski definition) is 6. The highest BCUT2D eigenvalue weighted by Crippen LogP contribution is 2.12. The topological polar surface area (TPSA) is 105 Å². The molecule has 0 aliphatic rings. The molecule has 0 bridgehead atoms. The molecule has 9 nitrogen and oxygen atoms in total. The molecule has 170 valence electrons. The van der Waals surface area contributed by atoms with Gasteiger partial charge in [0.2, 0.25) is 5.89 Å². The summed E-state index contributed by atoms with van der Waals surface area (Å²) in [5, 5.41) is 10.3. The van der Waals surface area contributed by atoms with E-state index in [1.54, 1.807) is 18.9 Å². The lowest BCUT2D eigenvalue weighted by atomic mass is 10.1. The van der Waals surface area contributed by atoms with Gasteiger partial charge in [0.15, 0.2) is 11.8 Å². The molecule has 0 aliphatic heterocycles. The molecule has 0 fully saturated rings. The van der Waals surface area contributed by atoms with Gasteiger partial charge in [0.25, 0.3) is 0 Å². The van der Waals surface area contributed by atoms with E-state index in [4.69, 9.17) is 9.26 Å². The predicted molar refractivity (Wildman–Crippen MR) is 120 cm³/mol. The minimum Gasteiger partial charge on any atom is -0.444 e. The Kier molecular flexibility index (Phi) is 8.84. The molecule has 0 unspecified atom stereocenters. The zero-order valence-corrected chi connectivity index (χ0v) is 19.4. The molecule has 0 radical (unpaired) electrons. The smallest absolute Gasteiger partial charge is 0.410 e. The van der Waals surface area contributed by atoms with Crippen molar-refractivity contribution in [2.75, 3.05) is 20.1 Å². The average molecular weight is 431 g/mol. The standard InChI is InChI=1S/C22H34N6O3/c1-7-23-20(24-13-12-19-26-16(2)27-31-19)25-14-17-8-10-18(11-9-17)15-28(6)21(29)30-22(3,4)5/h8-11H,7,12-15H2,1-6H3,(H2,23,24,25). The van der Waals surface area contributed by atoms with E-state index in [1.165, 1.54) is 0 Å². The van der Waals surface area contributed by atoms with E-state index in [2.05, 4.69) is 25.8 Å². The van der Waals surface area contributed by atoms with Crippen LogP contribution >= 0.6 is 0 Å². The molecular weight excluding hydrogens is 396 g/mol. The summed E-state index contributed by atoms with van der Waals surface area (Å²) in [4.78, 5) is 22.5. The third-order valence-corrected chi connectivity index (χ3v) is 4.11. The quantitative estimate of drug-likeness (QED) is 0.490. The summed E-state index contributed by atoms with van der Waals surface area (Å²) in [5.74, 6) is 1.97. The Morgan fingerprint density at radius 1 is 1.19 bits per heavy atom. The first kappa shape index (κ1) is 24.2. The minimum absolute atomic E-state index is 0.335. The minimum atomic E-state index is -0.504. The van der Waals surface area contributed by atoms with Crippen molar-refractivity contribution in [2.45, 2.75) is 59.7 Å². The van der Waals surface area contributed by atoms with E-state index in [0.717, 1.165) is 23.6 Å². The summed E-state index contributed by atoms with van der Waals surface area (Å²) >= 11 is 0. The van der Waals surface area contributed by atoms with Gasteiger partial charge >= 0.3 is 6.09 Å². The largest absolute Gasteiger partial charge is 0.444 e. The highest BCUT2D eigenvalue weighted by molar-refractivity contribution is 5.79. The van der Waals surface area contributed by atoms with E-state index in [1.807, 2.05) is 52.0 Å². The van der Waals surface area contributed by atoms with Gasteiger partial charge in [-0.2, -0.15) is 4.98 Å². The Labute approximate surface area is 184 Å². The van der Waals surface area contributed by atoms with Crippen molar-refractivity contribution in [1.29, 1.82) is 0 Å². The molecule has 2 aromatic rings. The third-order valence-electron chi connectivity index (χ3n) is 4.11. The number of guanidine groups is 1. The summed E-state index contributed by atoms with van der Waals surface area (Å²) in [6.45, 7) is 11.8. The van der Waals surface area contributed by atoms with Gasteiger partial charge in [-0.05, 0) is 45.7 Å². The van der Waals surface area contributed by atoms with Crippen LogP contribution in [0.5, 0.6) is 0 Å². The summed E-state index contributed by atoms with van der Waals surface area (Å²) in [6, 6.07) is 8.05. The number of aromatic nitrogens is 2. The van der Waals surface area contributed by atoms with Crippen molar-refractivity contribution in [3.05, 3.63) is 47.1 Å². The zero-order valence-electron chi connectivity index (χ0n) is 19.4. The second-order valence-electron chi connectivity index (χ2n) is 8.26.